The normalized spacial score (nSPS) is 9.95. The molecule has 2 amide bonds. The van der Waals surface area contributed by atoms with Crippen LogP contribution in [0.2, 0.25) is 0 Å². The summed E-state index contributed by atoms with van der Waals surface area (Å²) in [5, 5.41) is 5.48. The average molecular weight is 307 g/mol. The first-order valence-corrected chi connectivity index (χ1v) is 7.36. The highest BCUT2D eigenvalue weighted by atomic mass is 32.1. The molecule has 5 nitrogen and oxygen atoms in total. The van der Waals surface area contributed by atoms with Crippen LogP contribution in [0.15, 0.2) is 24.3 Å². The second-order valence-electron chi connectivity index (χ2n) is 4.69. The summed E-state index contributed by atoms with van der Waals surface area (Å²) in [6.07, 6.45) is 1.47. The Morgan fingerprint density at radius 1 is 1.10 bits per heavy atom. The lowest BCUT2D eigenvalue weighted by atomic mass is 10.1. The van der Waals surface area contributed by atoms with Gasteiger partial charge in [0.15, 0.2) is 0 Å². The lowest BCUT2D eigenvalue weighted by Gasteiger charge is -2.06. The summed E-state index contributed by atoms with van der Waals surface area (Å²) in [7, 11) is 0. The third-order valence-electron chi connectivity index (χ3n) is 2.85. The van der Waals surface area contributed by atoms with Crippen LogP contribution < -0.4 is 16.4 Å². The minimum atomic E-state index is -0.110. The van der Waals surface area contributed by atoms with Gasteiger partial charge in [0.05, 0.1) is 6.42 Å². The summed E-state index contributed by atoms with van der Waals surface area (Å²) >= 11 is 4.87. The van der Waals surface area contributed by atoms with E-state index in [9.17, 15) is 9.59 Å². The Hall–Kier alpha value is -1.95. The van der Waals surface area contributed by atoms with Gasteiger partial charge in [0, 0.05) is 25.1 Å². The van der Waals surface area contributed by atoms with E-state index in [-0.39, 0.29) is 18.2 Å². The predicted octanol–water partition coefficient (Wildman–Crippen LogP) is 0.896. The molecule has 0 aliphatic heterocycles. The van der Waals surface area contributed by atoms with E-state index < -0.39 is 0 Å². The summed E-state index contributed by atoms with van der Waals surface area (Å²) in [6.45, 7) is 3.01. The molecule has 0 saturated carbocycles. The molecule has 1 aromatic rings. The fraction of sp³-hybridized carbons (Fsp3) is 0.400. The zero-order valence-corrected chi connectivity index (χ0v) is 13.0. The maximum absolute atomic E-state index is 11.7. The van der Waals surface area contributed by atoms with Crippen LogP contribution in [0.25, 0.3) is 0 Å². The molecule has 0 aromatic heterocycles. The lowest BCUT2D eigenvalue weighted by Crippen LogP contribution is -2.31. The summed E-state index contributed by atoms with van der Waals surface area (Å²) in [6, 6.07) is 7.23. The van der Waals surface area contributed by atoms with E-state index in [0.717, 1.165) is 17.5 Å². The molecule has 0 aliphatic rings. The number of amides is 2. The van der Waals surface area contributed by atoms with Crippen LogP contribution in [0, 0.1) is 0 Å². The van der Waals surface area contributed by atoms with Gasteiger partial charge in [-0.05, 0) is 12.0 Å². The molecule has 0 spiro atoms. The number of rotatable bonds is 8. The average Bonchev–Trinajstić information content (AvgIpc) is 2.45. The number of hydrogen-bond donors (Lipinski definition) is 3. The van der Waals surface area contributed by atoms with Crippen molar-refractivity contribution in [2.24, 2.45) is 5.73 Å². The molecule has 0 aliphatic carbocycles. The van der Waals surface area contributed by atoms with E-state index in [1.165, 1.54) is 0 Å². The summed E-state index contributed by atoms with van der Waals surface area (Å²) in [5.74, 6) is -0.153. The zero-order valence-electron chi connectivity index (χ0n) is 12.1. The van der Waals surface area contributed by atoms with Crippen LogP contribution in [-0.2, 0) is 16.0 Å². The van der Waals surface area contributed by atoms with Gasteiger partial charge in [-0.15, -0.1) is 0 Å². The zero-order chi connectivity index (χ0) is 15.7. The third-order valence-corrected chi connectivity index (χ3v) is 3.09. The molecule has 21 heavy (non-hydrogen) atoms. The molecular formula is C15H21N3O2S. The molecule has 1 aromatic carbocycles. The number of carbonyl (C=O) groups is 2. The van der Waals surface area contributed by atoms with E-state index in [0.29, 0.717) is 24.5 Å². The quantitative estimate of drug-likeness (QED) is 0.623. The van der Waals surface area contributed by atoms with Gasteiger partial charge >= 0.3 is 0 Å². The fourth-order valence-electron chi connectivity index (χ4n) is 1.70. The molecule has 1 rings (SSSR count). The highest BCUT2D eigenvalue weighted by Crippen LogP contribution is 2.05. The molecule has 0 bridgehead atoms. The Balaban J connectivity index is 2.30. The van der Waals surface area contributed by atoms with Gasteiger partial charge in [0.25, 0.3) is 0 Å². The molecular weight excluding hydrogens is 286 g/mol. The van der Waals surface area contributed by atoms with Gasteiger partial charge in [-0.2, -0.15) is 0 Å². The van der Waals surface area contributed by atoms with E-state index in [2.05, 4.69) is 10.6 Å². The highest BCUT2D eigenvalue weighted by molar-refractivity contribution is 7.80. The van der Waals surface area contributed by atoms with Gasteiger partial charge in [0.2, 0.25) is 11.8 Å². The maximum Gasteiger partial charge on any atom is 0.224 e. The Morgan fingerprint density at radius 3 is 2.29 bits per heavy atom. The van der Waals surface area contributed by atoms with Crippen molar-refractivity contribution in [2.75, 3.05) is 13.1 Å². The van der Waals surface area contributed by atoms with Crippen LogP contribution in [0.1, 0.15) is 30.9 Å². The van der Waals surface area contributed by atoms with Crippen molar-refractivity contribution in [3.8, 4) is 0 Å². The van der Waals surface area contributed by atoms with E-state index in [4.69, 9.17) is 18.0 Å². The molecule has 0 fully saturated rings. The van der Waals surface area contributed by atoms with Gasteiger partial charge in [0.1, 0.15) is 4.99 Å². The van der Waals surface area contributed by atoms with Crippen molar-refractivity contribution in [1.29, 1.82) is 0 Å². The molecule has 0 atom stereocenters. The van der Waals surface area contributed by atoms with Crippen LogP contribution in [0.3, 0.4) is 0 Å². The monoisotopic (exact) mass is 307 g/mol. The first kappa shape index (κ1) is 17.1. The van der Waals surface area contributed by atoms with Gasteiger partial charge in [-0.25, -0.2) is 0 Å². The number of benzene rings is 1. The second kappa shape index (κ2) is 9.07. The predicted molar refractivity (Wildman–Crippen MR) is 87.0 cm³/mol. The van der Waals surface area contributed by atoms with Crippen molar-refractivity contribution in [3.05, 3.63) is 35.4 Å². The van der Waals surface area contributed by atoms with Crippen molar-refractivity contribution in [2.45, 2.75) is 26.2 Å². The van der Waals surface area contributed by atoms with Gasteiger partial charge < -0.3 is 16.4 Å². The Kier molecular flexibility index (Phi) is 7.39. The number of thiocarbonyl (C=S) groups is 1. The third kappa shape index (κ3) is 6.85. The lowest BCUT2D eigenvalue weighted by molar-refractivity contribution is -0.122. The molecule has 0 radical (unpaired) electrons. The van der Waals surface area contributed by atoms with Crippen LogP contribution >= 0.6 is 12.2 Å². The van der Waals surface area contributed by atoms with Crippen molar-refractivity contribution >= 4 is 29.0 Å². The van der Waals surface area contributed by atoms with Crippen LogP contribution in [0.4, 0.5) is 0 Å². The summed E-state index contributed by atoms with van der Waals surface area (Å²) in [5.41, 5.74) is 7.17. The summed E-state index contributed by atoms with van der Waals surface area (Å²) in [4.78, 5) is 23.4. The molecule has 6 heteroatoms. The van der Waals surface area contributed by atoms with Crippen molar-refractivity contribution in [3.63, 3.8) is 0 Å². The van der Waals surface area contributed by atoms with Gasteiger partial charge in [-0.3, -0.25) is 9.59 Å². The number of carbonyl (C=O) groups excluding carboxylic acids is 2. The summed E-state index contributed by atoms with van der Waals surface area (Å²) < 4.78 is 0. The minimum absolute atomic E-state index is 0.0436. The number of nitrogens with one attached hydrogen (secondary N) is 2. The highest BCUT2D eigenvalue weighted by Gasteiger charge is 2.05. The minimum Gasteiger partial charge on any atom is -0.389 e. The van der Waals surface area contributed by atoms with E-state index in [1.54, 1.807) is 12.1 Å². The smallest absolute Gasteiger partial charge is 0.224 e. The van der Waals surface area contributed by atoms with Gasteiger partial charge in [-0.1, -0.05) is 43.4 Å². The topological polar surface area (TPSA) is 84.2 Å². The van der Waals surface area contributed by atoms with E-state index in [1.807, 2.05) is 19.1 Å². The van der Waals surface area contributed by atoms with Crippen LogP contribution in [-0.4, -0.2) is 29.9 Å². The largest absolute Gasteiger partial charge is 0.389 e. The Morgan fingerprint density at radius 2 is 1.71 bits per heavy atom. The molecule has 0 saturated heterocycles. The van der Waals surface area contributed by atoms with Crippen LogP contribution in [0.5, 0.6) is 0 Å². The molecule has 0 unspecified atom stereocenters. The molecule has 114 valence electrons. The second-order valence-corrected chi connectivity index (χ2v) is 5.13. The maximum atomic E-state index is 11.7. The molecule has 4 N–H and O–H groups in total. The number of hydrogen-bond acceptors (Lipinski definition) is 3. The van der Waals surface area contributed by atoms with E-state index >= 15 is 0 Å². The Bertz CT molecular complexity index is 500. The first-order chi connectivity index (χ1) is 10.0. The first-order valence-electron chi connectivity index (χ1n) is 6.95. The Labute approximate surface area is 130 Å². The van der Waals surface area contributed by atoms with Crippen molar-refractivity contribution in [1.82, 2.24) is 10.6 Å². The van der Waals surface area contributed by atoms with Crippen molar-refractivity contribution < 1.29 is 9.59 Å². The number of nitrogens with two attached hydrogens (primary N) is 1. The molecule has 0 heterocycles. The fourth-order valence-corrected chi connectivity index (χ4v) is 1.84. The SMILES string of the molecule is CCCNC(=O)CCNC(=O)Cc1ccc(C(N)=S)cc1. The standard InChI is InChI=1S/C15H21N3O2S/c1-2-8-17-13(19)7-9-18-14(20)10-11-3-5-12(6-4-11)15(16)21/h3-6H,2,7-10H2,1H3,(H2,16,21)(H,17,19)(H,18,20).